The number of nitrogens with two attached hydrogens (primary N) is 1. The van der Waals surface area contributed by atoms with E-state index in [-0.39, 0.29) is 6.54 Å². The van der Waals surface area contributed by atoms with Gasteiger partial charge in [-0.25, -0.2) is 14.5 Å². The average Bonchev–Trinajstić information content (AvgIpc) is 2.43. The van der Waals surface area contributed by atoms with E-state index in [0.29, 0.717) is 5.69 Å². The summed E-state index contributed by atoms with van der Waals surface area (Å²) in [7, 11) is 0. The molecule has 0 unspecified atom stereocenters. The molecule has 0 atom stereocenters. The normalized spacial score (nSPS) is 12.1. The summed E-state index contributed by atoms with van der Waals surface area (Å²) < 4.78 is 10.6. The van der Waals surface area contributed by atoms with E-state index in [1.165, 1.54) is 0 Å². The van der Waals surface area contributed by atoms with Gasteiger partial charge >= 0.3 is 12.2 Å². The van der Waals surface area contributed by atoms with Crippen LogP contribution in [0.5, 0.6) is 0 Å². The molecule has 2 amide bonds. The van der Waals surface area contributed by atoms with Gasteiger partial charge in [0, 0.05) is 5.69 Å². The van der Waals surface area contributed by atoms with Crippen LogP contribution in [-0.2, 0) is 9.47 Å². The minimum absolute atomic E-state index is 0.0111. The molecule has 1 aromatic rings. The van der Waals surface area contributed by atoms with E-state index in [2.05, 4.69) is 0 Å². The Morgan fingerprint density at radius 3 is 2.00 bits per heavy atom. The lowest BCUT2D eigenvalue weighted by atomic mass is 10.1. The summed E-state index contributed by atoms with van der Waals surface area (Å²) in [6.07, 6.45) is 1.94. The molecular formula is C20H30N2O4. The largest absolute Gasteiger partial charge is 0.443 e. The number of nitrogen functional groups attached to an aromatic ring is 1. The Balaban J connectivity index is 2.97. The van der Waals surface area contributed by atoms with Crippen LogP contribution >= 0.6 is 0 Å². The number of carbonyl (C=O) groups is 2. The lowest BCUT2D eigenvalue weighted by molar-refractivity contribution is 0.00377. The minimum Gasteiger partial charge on any atom is -0.443 e. The number of hydrogen-bond donors (Lipinski definition) is 1. The van der Waals surface area contributed by atoms with Crippen molar-refractivity contribution in [1.82, 2.24) is 4.90 Å². The maximum atomic E-state index is 12.4. The van der Waals surface area contributed by atoms with E-state index in [9.17, 15) is 9.59 Å². The van der Waals surface area contributed by atoms with Crippen LogP contribution in [0.15, 0.2) is 24.3 Å². The summed E-state index contributed by atoms with van der Waals surface area (Å²) in [5.74, 6) is 0. The molecule has 0 saturated carbocycles. The summed E-state index contributed by atoms with van der Waals surface area (Å²) in [6, 6.07) is 5.66. The first-order chi connectivity index (χ1) is 11.8. The van der Waals surface area contributed by atoms with Crippen LogP contribution < -0.4 is 5.73 Å². The summed E-state index contributed by atoms with van der Waals surface area (Å²) >= 11 is 0. The van der Waals surface area contributed by atoms with E-state index in [1.54, 1.807) is 53.7 Å². The van der Waals surface area contributed by atoms with Gasteiger partial charge in [-0.05, 0) is 66.2 Å². The molecule has 0 radical (unpaired) electrons. The number of anilines is 1. The third-order valence-electron chi connectivity index (χ3n) is 3.06. The van der Waals surface area contributed by atoms with Crippen LogP contribution in [0.25, 0.3) is 6.08 Å². The molecule has 0 aliphatic carbocycles. The Labute approximate surface area is 156 Å². The standard InChI is InChI=1S/C20H30N2O4/c1-14-10-11-16(21)15(13-14)9-8-12-22(17(23)25-19(2,3)4)18(24)26-20(5,6)7/h8-11,13H,12,21H2,1-7H3/b9-8+. The molecule has 0 aliphatic heterocycles. The van der Waals surface area contributed by atoms with Crippen molar-refractivity contribution in [2.75, 3.05) is 12.3 Å². The fourth-order valence-electron chi connectivity index (χ4n) is 1.98. The van der Waals surface area contributed by atoms with Gasteiger partial charge in [0.2, 0.25) is 0 Å². The topological polar surface area (TPSA) is 81.9 Å². The number of aryl methyl sites for hydroxylation is 1. The number of benzene rings is 1. The van der Waals surface area contributed by atoms with E-state index < -0.39 is 23.4 Å². The van der Waals surface area contributed by atoms with Gasteiger partial charge in [-0.2, -0.15) is 0 Å². The van der Waals surface area contributed by atoms with Gasteiger partial charge < -0.3 is 15.2 Å². The maximum Gasteiger partial charge on any atom is 0.420 e. The van der Waals surface area contributed by atoms with Crippen LogP contribution in [0.1, 0.15) is 52.7 Å². The zero-order chi connectivity index (χ0) is 20.1. The molecule has 6 heteroatoms. The molecule has 6 nitrogen and oxygen atoms in total. The highest BCUT2D eigenvalue weighted by Gasteiger charge is 2.30. The molecular weight excluding hydrogens is 332 g/mol. The van der Waals surface area contributed by atoms with E-state index in [4.69, 9.17) is 15.2 Å². The average molecular weight is 362 g/mol. The molecule has 144 valence electrons. The number of hydrogen-bond acceptors (Lipinski definition) is 5. The van der Waals surface area contributed by atoms with Crippen molar-refractivity contribution in [3.63, 3.8) is 0 Å². The molecule has 0 spiro atoms. The Morgan fingerprint density at radius 1 is 1.04 bits per heavy atom. The van der Waals surface area contributed by atoms with Crippen LogP contribution in [0, 0.1) is 6.92 Å². The van der Waals surface area contributed by atoms with Crippen LogP contribution in [0.2, 0.25) is 0 Å². The van der Waals surface area contributed by atoms with Gasteiger partial charge in [-0.3, -0.25) is 0 Å². The van der Waals surface area contributed by atoms with Gasteiger partial charge in [0.1, 0.15) is 11.2 Å². The highest BCUT2D eigenvalue weighted by molar-refractivity contribution is 5.88. The van der Waals surface area contributed by atoms with Gasteiger partial charge in [0.15, 0.2) is 0 Å². The number of carbonyl (C=O) groups excluding carboxylic acids is 2. The van der Waals surface area contributed by atoms with Crippen molar-refractivity contribution in [1.29, 1.82) is 0 Å². The zero-order valence-electron chi connectivity index (χ0n) is 16.8. The Bertz CT molecular complexity index is 654. The van der Waals surface area contributed by atoms with Crippen molar-refractivity contribution in [3.8, 4) is 0 Å². The molecule has 0 aliphatic rings. The van der Waals surface area contributed by atoms with Gasteiger partial charge in [-0.1, -0.05) is 23.8 Å². The highest BCUT2D eigenvalue weighted by atomic mass is 16.6. The first kappa shape index (κ1) is 21.5. The number of nitrogens with zero attached hydrogens (tertiary/aromatic N) is 1. The van der Waals surface area contributed by atoms with Gasteiger partial charge in [0.25, 0.3) is 0 Å². The highest BCUT2D eigenvalue weighted by Crippen LogP contribution is 2.17. The number of rotatable bonds is 3. The predicted molar refractivity (Wildman–Crippen MR) is 104 cm³/mol. The fourth-order valence-corrected chi connectivity index (χ4v) is 1.98. The number of imide groups is 1. The molecule has 0 saturated heterocycles. The zero-order valence-corrected chi connectivity index (χ0v) is 16.8. The fraction of sp³-hybridized carbons (Fsp3) is 0.500. The predicted octanol–water partition coefficient (Wildman–Crippen LogP) is 4.76. The number of amides is 2. The van der Waals surface area contributed by atoms with Crippen LogP contribution in [-0.4, -0.2) is 34.8 Å². The SMILES string of the molecule is Cc1ccc(N)c(/C=C/CN(C(=O)OC(C)(C)C)C(=O)OC(C)(C)C)c1. The van der Waals surface area contributed by atoms with Crippen molar-refractivity contribution in [2.45, 2.75) is 59.7 Å². The molecule has 2 N–H and O–H groups in total. The lowest BCUT2D eigenvalue weighted by Gasteiger charge is -2.28. The summed E-state index contributed by atoms with van der Waals surface area (Å²) in [5, 5.41) is 0. The second kappa shape index (κ2) is 8.25. The van der Waals surface area contributed by atoms with Crippen LogP contribution in [0.4, 0.5) is 15.3 Å². The smallest absolute Gasteiger partial charge is 0.420 e. The molecule has 1 rings (SSSR count). The maximum absolute atomic E-state index is 12.4. The summed E-state index contributed by atoms with van der Waals surface area (Å²) in [5.41, 5.74) is 7.01. The quantitative estimate of drug-likeness (QED) is 0.784. The molecule has 0 heterocycles. The first-order valence-electron chi connectivity index (χ1n) is 8.55. The molecule has 0 bridgehead atoms. The Hall–Kier alpha value is -2.50. The van der Waals surface area contributed by atoms with Crippen molar-refractivity contribution in [3.05, 3.63) is 35.4 Å². The van der Waals surface area contributed by atoms with E-state index in [0.717, 1.165) is 16.0 Å². The van der Waals surface area contributed by atoms with E-state index >= 15 is 0 Å². The Kier molecular flexibility index (Phi) is 6.84. The first-order valence-corrected chi connectivity index (χ1v) is 8.55. The monoisotopic (exact) mass is 362 g/mol. The summed E-state index contributed by atoms with van der Waals surface area (Å²) in [4.78, 5) is 25.7. The molecule has 0 aromatic heterocycles. The second-order valence-corrected chi connectivity index (χ2v) is 8.11. The van der Waals surface area contributed by atoms with Gasteiger partial charge in [-0.15, -0.1) is 0 Å². The second-order valence-electron chi connectivity index (χ2n) is 8.11. The molecule has 26 heavy (non-hydrogen) atoms. The third-order valence-corrected chi connectivity index (χ3v) is 3.06. The minimum atomic E-state index is -0.756. The van der Waals surface area contributed by atoms with Crippen molar-refractivity contribution < 1.29 is 19.1 Å². The summed E-state index contributed by atoms with van der Waals surface area (Å²) in [6.45, 7) is 12.4. The van der Waals surface area contributed by atoms with Gasteiger partial charge in [0.05, 0.1) is 6.54 Å². The van der Waals surface area contributed by atoms with Crippen LogP contribution in [0.3, 0.4) is 0 Å². The third kappa shape index (κ3) is 7.59. The number of ether oxygens (including phenoxy) is 2. The van der Waals surface area contributed by atoms with E-state index in [1.807, 2.05) is 25.1 Å². The lowest BCUT2D eigenvalue weighted by Crippen LogP contribution is -2.43. The van der Waals surface area contributed by atoms with Crippen molar-refractivity contribution >= 4 is 23.9 Å². The molecule has 0 fully saturated rings. The Morgan fingerprint density at radius 2 is 1.54 bits per heavy atom. The van der Waals surface area contributed by atoms with Crippen molar-refractivity contribution in [2.24, 2.45) is 0 Å². The molecule has 1 aromatic carbocycles.